The number of rotatable bonds is 8. The maximum atomic E-state index is 13.3. The molecule has 3 fully saturated rings. The molecule has 0 atom stereocenters. The van der Waals surface area contributed by atoms with Crippen molar-refractivity contribution in [3.05, 3.63) is 34.9 Å². The molecule has 3 aliphatic carbocycles. The van der Waals surface area contributed by atoms with Crippen LogP contribution >= 0.6 is 15.9 Å². The van der Waals surface area contributed by atoms with Crippen molar-refractivity contribution in [1.82, 2.24) is 34.3 Å². The monoisotopic (exact) mass is 696 g/mol. The van der Waals surface area contributed by atoms with E-state index in [1.807, 2.05) is 38.7 Å². The third kappa shape index (κ3) is 6.13. The van der Waals surface area contributed by atoms with Gasteiger partial charge in [0, 0.05) is 75.7 Å². The standard InChI is InChI=1S/C34H49BrN8O3/c1-23-18-28(25-20-36-40(7)30(25)37-23)41-15-8-27-26(21-41)24(2)38-43(27)22-33-9-12-34(13-10-33,14-11-33)42(29(44)19-35)17-16-39(6)31(45)46-32(3,4)5/h18,20H,8-17,19,21-22H2,1-7H3. The maximum absolute atomic E-state index is 13.3. The molecule has 12 heteroatoms. The predicted molar refractivity (Wildman–Crippen MR) is 182 cm³/mol. The summed E-state index contributed by atoms with van der Waals surface area (Å²) in [6, 6.07) is 2.18. The van der Waals surface area contributed by atoms with Gasteiger partial charge in [-0.25, -0.2) is 9.78 Å². The number of carbonyl (C=O) groups is 2. The number of likely N-dealkylation sites (N-methyl/N-ethyl adjacent to an activating group) is 1. The number of hydrogen-bond donors (Lipinski definition) is 0. The number of fused-ring (bicyclic) bond motifs is 5. The number of aryl methyl sites for hydroxylation is 3. The van der Waals surface area contributed by atoms with Gasteiger partial charge in [0.1, 0.15) is 5.60 Å². The summed E-state index contributed by atoms with van der Waals surface area (Å²) in [6.45, 7) is 13.5. The zero-order chi connectivity index (χ0) is 33.0. The van der Waals surface area contributed by atoms with E-state index in [1.165, 1.54) is 16.9 Å². The van der Waals surface area contributed by atoms with Crippen molar-refractivity contribution < 1.29 is 14.3 Å². The average Bonchev–Trinajstić information content (AvgIpc) is 3.54. The van der Waals surface area contributed by atoms with Crippen LogP contribution in [0.3, 0.4) is 0 Å². The first-order chi connectivity index (χ1) is 21.7. The Hall–Kier alpha value is -3.15. The molecule has 7 rings (SSSR count). The fourth-order valence-corrected chi connectivity index (χ4v) is 8.37. The topological polar surface area (TPSA) is 102 Å². The summed E-state index contributed by atoms with van der Waals surface area (Å²) in [5.41, 5.74) is 6.45. The number of halogens is 1. The molecule has 2 bridgehead atoms. The molecule has 4 heterocycles. The van der Waals surface area contributed by atoms with Crippen LogP contribution in [0.15, 0.2) is 12.3 Å². The minimum atomic E-state index is -0.553. The molecule has 11 nitrogen and oxygen atoms in total. The van der Waals surface area contributed by atoms with E-state index < -0.39 is 5.60 Å². The molecule has 0 spiro atoms. The molecule has 46 heavy (non-hydrogen) atoms. The van der Waals surface area contributed by atoms with E-state index in [0.717, 1.165) is 87.0 Å². The van der Waals surface area contributed by atoms with Gasteiger partial charge in [0.25, 0.3) is 0 Å². The molecule has 250 valence electrons. The van der Waals surface area contributed by atoms with Crippen molar-refractivity contribution >= 4 is 44.7 Å². The van der Waals surface area contributed by atoms with Crippen LogP contribution in [0.2, 0.25) is 0 Å². The molecule has 0 unspecified atom stereocenters. The summed E-state index contributed by atoms with van der Waals surface area (Å²) < 4.78 is 9.72. The number of ether oxygens (including phenoxy) is 1. The second kappa shape index (κ2) is 12.1. The van der Waals surface area contributed by atoms with Crippen LogP contribution in [0.4, 0.5) is 10.5 Å². The lowest BCUT2D eigenvalue weighted by Gasteiger charge is -2.57. The Labute approximate surface area is 280 Å². The highest BCUT2D eigenvalue weighted by molar-refractivity contribution is 9.09. The molecule has 3 saturated carbocycles. The largest absolute Gasteiger partial charge is 0.444 e. The molecular formula is C34H49BrN8O3. The average molecular weight is 698 g/mol. The maximum Gasteiger partial charge on any atom is 0.410 e. The minimum Gasteiger partial charge on any atom is -0.444 e. The van der Waals surface area contributed by atoms with Crippen molar-refractivity contribution in [2.75, 3.05) is 36.9 Å². The quantitative estimate of drug-likeness (QED) is 0.286. The van der Waals surface area contributed by atoms with E-state index in [-0.39, 0.29) is 28.3 Å². The van der Waals surface area contributed by atoms with Crippen LogP contribution < -0.4 is 4.90 Å². The van der Waals surface area contributed by atoms with Crippen molar-refractivity contribution in [3.8, 4) is 0 Å². The van der Waals surface area contributed by atoms with E-state index in [0.29, 0.717) is 13.1 Å². The molecule has 3 aromatic heterocycles. The van der Waals surface area contributed by atoms with Crippen LogP contribution in [0.5, 0.6) is 0 Å². The number of carbonyl (C=O) groups excluding carboxylic acids is 2. The zero-order valence-corrected chi connectivity index (χ0v) is 30.1. The highest BCUT2D eigenvalue weighted by Gasteiger charge is 2.52. The molecule has 1 aliphatic heterocycles. The van der Waals surface area contributed by atoms with Gasteiger partial charge in [0.15, 0.2) is 5.65 Å². The SMILES string of the molecule is Cc1cc(N2CCc3c(c(C)nn3CC34CCC(N(CCN(C)C(=O)OC(C)(C)C)C(=O)CBr)(CC3)CC4)C2)c2cnn(C)c2n1. The van der Waals surface area contributed by atoms with Crippen molar-refractivity contribution in [2.24, 2.45) is 12.5 Å². The van der Waals surface area contributed by atoms with Gasteiger partial charge in [-0.3, -0.25) is 14.2 Å². The van der Waals surface area contributed by atoms with E-state index in [9.17, 15) is 9.59 Å². The van der Waals surface area contributed by atoms with Crippen LogP contribution in [0, 0.1) is 19.3 Å². The predicted octanol–water partition coefficient (Wildman–Crippen LogP) is 5.53. The highest BCUT2D eigenvalue weighted by Crippen LogP contribution is 2.55. The molecule has 0 saturated heterocycles. The van der Waals surface area contributed by atoms with Crippen molar-refractivity contribution in [1.29, 1.82) is 0 Å². The Morgan fingerprint density at radius 3 is 2.43 bits per heavy atom. The summed E-state index contributed by atoms with van der Waals surface area (Å²) in [4.78, 5) is 36.7. The summed E-state index contributed by atoms with van der Waals surface area (Å²) in [5, 5.41) is 11.0. The van der Waals surface area contributed by atoms with Gasteiger partial charge in [-0.1, -0.05) is 15.9 Å². The molecule has 3 aromatic rings. The van der Waals surface area contributed by atoms with Gasteiger partial charge >= 0.3 is 6.09 Å². The van der Waals surface area contributed by atoms with E-state index in [1.54, 1.807) is 11.9 Å². The van der Waals surface area contributed by atoms with Crippen LogP contribution in [0.25, 0.3) is 11.0 Å². The van der Waals surface area contributed by atoms with E-state index in [2.05, 4.69) is 55.4 Å². The zero-order valence-electron chi connectivity index (χ0n) is 28.5. The van der Waals surface area contributed by atoms with E-state index in [4.69, 9.17) is 14.8 Å². The smallest absolute Gasteiger partial charge is 0.410 e. The number of nitrogens with zero attached hydrogens (tertiary/aromatic N) is 8. The number of hydrogen-bond acceptors (Lipinski definition) is 7. The first-order valence-electron chi connectivity index (χ1n) is 16.6. The lowest BCUT2D eigenvalue weighted by Crippen LogP contribution is -2.60. The fraction of sp³-hybridized carbons (Fsp3) is 0.676. The Morgan fingerprint density at radius 1 is 1.09 bits per heavy atom. The Morgan fingerprint density at radius 2 is 1.78 bits per heavy atom. The highest BCUT2D eigenvalue weighted by atomic mass is 79.9. The summed E-state index contributed by atoms with van der Waals surface area (Å²) >= 11 is 3.43. The number of alkyl halides is 1. The van der Waals surface area contributed by atoms with Gasteiger partial charge < -0.3 is 19.4 Å². The van der Waals surface area contributed by atoms with E-state index >= 15 is 0 Å². The molecular weight excluding hydrogens is 648 g/mol. The molecule has 0 N–H and O–H groups in total. The molecule has 2 amide bonds. The molecule has 4 aliphatic rings. The van der Waals surface area contributed by atoms with Crippen LogP contribution in [0.1, 0.15) is 81.9 Å². The first-order valence-corrected chi connectivity index (χ1v) is 17.8. The lowest BCUT2D eigenvalue weighted by molar-refractivity contribution is -0.143. The minimum absolute atomic E-state index is 0.0984. The van der Waals surface area contributed by atoms with Crippen LogP contribution in [-0.4, -0.2) is 89.5 Å². The van der Waals surface area contributed by atoms with Gasteiger partial charge in [-0.2, -0.15) is 10.2 Å². The Balaban J connectivity index is 1.14. The summed E-state index contributed by atoms with van der Waals surface area (Å²) in [6.07, 6.45) is 8.73. The molecule has 0 aromatic carbocycles. The number of pyridine rings is 1. The van der Waals surface area contributed by atoms with Crippen molar-refractivity contribution in [2.45, 2.75) is 104 Å². The normalized spacial score (nSPS) is 22.7. The third-order valence-electron chi connectivity index (χ3n) is 10.7. The Kier molecular flexibility index (Phi) is 8.65. The summed E-state index contributed by atoms with van der Waals surface area (Å²) in [7, 11) is 3.70. The number of amides is 2. The number of anilines is 1. The number of aromatic nitrogens is 5. The second-order valence-corrected chi connectivity index (χ2v) is 15.5. The van der Waals surface area contributed by atoms with Crippen molar-refractivity contribution in [3.63, 3.8) is 0 Å². The van der Waals surface area contributed by atoms with Gasteiger partial charge in [0.05, 0.1) is 28.3 Å². The summed E-state index contributed by atoms with van der Waals surface area (Å²) in [5.74, 6) is 0.0984. The fourth-order valence-electron chi connectivity index (χ4n) is 8.06. The lowest BCUT2D eigenvalue weighted by atomic mass is 9.56. The first kappa shape index (κ1) is 32.8. The van der Waals surface area contributed by atoms with Gasteiger partial charge in [0.2, 0.25) is 5.91 Å². The Bertz CT molecular complexity index is 1610. The van der Waals surface area contributed by atoms with Gasteiger partial charge in [-0.15, -0.1) is 0 Å². The van der Waals surface area contributed by atoms with Crippen LogP contribution in [-0.2, 0) is 36.1 Å². The second-order valence-electron chi connectivity index (χ2n) is 14.9. The molecule has 0 radical (unpaired) electrons. The third-order valence-corrected chi connectivity index (χ3v) is 11.2. The van der Waals surface area contributed by atoms with Gasteiger partial charge in [-0.05, 0) is 84.6 Å².